The average Bonchev–Trinajstić information content (AvgIpc) is 2.41. The number of benzene rings is 1. The molecule has 0 bridgehead atoms. The van der Waals surface area contributed by atoms with Crippen LogP contribution in [-0.4, -0.2) is 43.7 Å². The summed E-state index contributed by atoms with van der Waals surface area (Å²) in [4.78, 5) is 23.2. The van der Waals surface area contributed by atoms with Gasteiger partial charge in [-0.25, -0.2) is 0 Å². The van der Waals surface area contributed by atoms with Crippen LogP contribution in [0.3, 0.4) is 0 Å². The number of hydrogen-bond acceptors (Lipinski definition) is 4. The number of rotatable bonds is 7. The standard InChI is InChI=1S/C13H17BrN2O4/c1-20-7-6-15-12(18)4-5-16-13(19)10-8-9(14)2-3-11(10)17/h2-3,8,17H,4-7H2,1H3,(H,15,18)(H,16,19). The van der Waals surface area contributed by atoms with Crippen LogP contribution in [0.2, 0.25) is 0 Å². The van der Waals surface area contributed by atoms with Crippen LogP contribution in [0.15, 0.2) is 22.7 Å². The van der Waals surface area contributed by atoms with Crippen LogP contribution in [0, 0.1) is 0 Å². The van der Waals surface area contributed by atoms with E-state index in [1.807, 2.05) is 0 Å². The van der Waals surface area contributed by atoms with Gasteiger partial charge in [0.25, 0.3) is 5.91 Å². The molecule has 110 valence electrons. The molecule has 0 fully saturated rings. The van der Waals surface area contributed by atoms with Gasteiger partial charge in [0.1, 0.15) is 5.75 Å². The lowest BCUT2D eigenvalue weighted by molar-refractivity contribution is -0.121. The summed E-state index contributed by atoms with van der Waals surface area (Å²) in [5, 5.41) is 14.8. The van der Waals surface area contributed by atoms with Crippen molar-refractivity contribution in [2.45, 2.75) is 6.42 Å². The smallest absolute Gasteiger partial charge is 0.255 e. The van der Waals surface area contributed by atoms with Crippen LogP contribution in [0.4, 0.5) is 0 Å². The molecule has 7 heteroatoms. The maximum absolute atomic E-state index is 11.8. The molecule has 0 radical (unpaired) electrons. The molecule has 0 unspecified atom stereocenters. The van der Waals surface area contributed by atoms with Crippen molar-refractivity contribution in [1.29, 1.82) is 0 Å². The number of hydrogen-bond donors (Lipinski definition) is 3. The third kappa shape index (κ3) is 5.58. The molecule has 0 saturated carbocycles. The first-order chi connectivity index (χ1) is 9.54. The molecule has 1 rings (SSSR count). The van der Waals surface area contributed by atoms with Crippen molar-refractivity contribution in [1.82, 2.24) is 10.6 Å². The Morgan fingerprint density at radius 2 is 2.05 bits per heavy atom. The third-order valence-electron chi connectivity index (χ3n) is 2.47. The van der Waals surface area contributed by atoms with Crippen molar-refractivity contribution < 1.29 is 19.4 Å². The van der Waals surface area contributed by atoms with E-state index < -0.39 is 5.91 Å². The zero-order valence-electron chi connectivity index (χ0n) is 11.1. The van der Waals surface area contributed by atoms with Crippen LogP contribution in [0.5, 0.6) is 5.75 Å². The van der Waals surface area contributed by atoms with Crippen molar-refractivity contribution in [3.63, 3.8) is 0 Å². The Labute approximate surface area is 125 Å². The first-order valence-electron chi connectivity index (χ1n) is 6.07. The minimum absolute atomic E-state index is 0.102. The molecule has 0 heterocycles. The normalized spacial score (nSPS) is 10.1. The highest BCUT2D eigenvalue weighted by molar-refractivity contribution is 9.10. The lowest BCUT2D eigenvalue weighted by atomic mass is 10.2. The van der Waals surface area contributed by atoms with Gasteiger partial charge in [-0.2, -0.15) is 0 Å². The quantitative estimate of drug-likeness (QED) is 0.645. The van der Waals surface area contributed by atoms with Gasteiger partial charge < -0.3 is 20.5 Å². The zero-order valence-corrected chi connectivity index (χ0v) is 12.7. The van der Waals surface area contributed by atoms with E-state index in [4.69, 9.17) is 4.74 Å². The lowest BCUT2D eigenvalue weighted by Gasteiger charge is -2.08. The van der Waals surface area contributed by atoms with Gasteiger partial charge in [0.15, 0.2) is 0 Å². The fourth-order valence-corrected chi connectivity index (χ4v) is 1.82. The fourth-order valence-electron chi connectivity index (χ4n) is 1.46. The van der Waals surface area contributed by atoms with Gasteiger partial charge in [-0.1, -0.05) is 15.9 Å². The summed E-state index contributed by atoms with van der Waals surface area (Å²) >= 11 is 3.22. The van der Waals surface area contributed by atoms with Crippen molar-refractivity contribution in [3.8, 4) is 5.75 Å². The van der Waals surface area contributed by atoms with Crippen LogP contribution in [0.25, 0.3) is 0 Å². The highest BCUT2D eigenvalue weighted by atomic mass is 79.9. The summed E-state index contributed by atoms with van der Waals surface area (Å²) in [6.07, 6.45) is 0.171. The lowest BCUT2D eigenvalue weighted by Crippen LogP contribution is -2.32. The Morgan fingerprint density at radius 3 is 2.75 bits per heavy atom. The molecule has 0 spiro atoms. The second-order valence-corrected chi connectivity index (χ2v) is 4.93. The van der Waals surface area contributed by atoms with Crippen LogP contribution in [0.1, 0.15) is 16.8 Å². The van der Waals surface area contributed by atoms with Crippen molar-refractivity contribution in [2.75, 3.05) is 26.8 Å². The number of nitrogens with one attached hydrogen (secondary N) is 2. The third-order valence-corrected chi connectivity index (χ3v) is 2.96. The number of carbonyl (C=O) groups excluding carboxylic acids is 2. The largest absolute Gasteiger partial charge is 0.507 e. The molecular weight excluding hydrogens is 328 g/mol. The van der Waals surface area contributed by atoms with Gasteiger partial charge in [-0.3, -0.25) is 9.59 Å². The number of carbonyl (C=O) groups is 2. The predicted molar refractivity (Wildman–Crippen MR) is 77.6 cm³/mol. The molecule has 0 aliphatic carbocycles. The highest BCUT2D eigenvalue weighted by Gasteiger charge is 2.11. The first kappa shape index (κ1) is 16.5. The minimum atomic E-state index is -0.423. The SMILES string of the molecule is COCCNC(=O)CCNC(=O)c1cc(Br)ccc1O. The molecule has 6 nitrogen and oxygen atoms in total. The second kappa shape index (κ2) is 8.55. The first-order valence-corrected chi connectivity index (χ1v) is 6.86. The van der Waals surface area contributed by atoms with Crippen LogP contribution in [-0.2, 0) is 9.53 Å². The molecule has 0 saturated heterocycles. The van der Waals surface area contributed by atoms with Gasteiger partial charge in [0.2, 0.25) is 5.91 Å². The van der Waals surface area contributed by atoms with E-state index in [9.17, 15) is 14.7 Å². The van der Waals surface area contributed by atoms with Gasteiger partial charge in [-0.15, -0.1) is 0 Å². The summed E-state index contributed by atoms with van der Waals surface area (Å²) in [5.41, 5.74) is 0.166. The molecule has 1 aromatic rings. The number of aromatic hydroxyl groups is 1. The zero-order chi connectivity index (χ0) is 15.0. The topological polar surface area (TPSA) is 87.7 Å². The van der Waals surface area contributed by atoms with Gasteiger partial charge >= 0.3 is 0 Å². The Morgan fingerprint density at radius 1 is 1.30 bits per heavy atom. The van der Waals surface area contributed by atoms with E-state index in [0.717, 1.165) is 0 Å². The van der Waals surface area contributed by atoms with Crippen molar-refractivity contribution >= 4 is 27.7 Å². The van der Waals surface area contributed by atoms with Gasteiger partial charge in [-0.05, 0) is 18.2 Å². The number of phenolic OH excluding ortho intramolecular Hbond substituents is 1. The monoisotopic (exact) mass is 344 g/mol. The van der Waals surface area contributed by atoms with E-state index >= 15 is 0 Å². The van der Waals surface area contributed by atoms with Crippen molar-refractivity contribution in [2.24, 2.45) is 0 Å². The van der Waals surface area contributed by atoms with E-state index in [0.29, 0.717) is 17.6 Å². The Bertz CT molecular complexity index is 479. The summed E-state index contributed by atoms with van der Waals surface area (Å²) in [7, 11) is 1.55. The predicted octanol–water partition coefficient (Wildman–Crippen LogP) is 1.04. The Balaban J connectivity index is 2.36. The molecule has 2 amide bonds. The second-order valence-electron chi connectivity index (χ2n) is 4.01. The van der Waals surface area contributed by atoms with E-state index in [1.54, 1.807) is 13.2 Å². The molecule has 20 heavy (non-hydrogen) atoms. The van der Waals surface area contributed by atoms with Gasteiger partial charge in [0.05, 0.1) is 12.2 Å². The number of phenols is 1. The number of methoxy groups -OCH3 is 1. The average molecular weight is 345 g/mol. The molecule has 0 aliphatic rings. The molecule has 0 aliphatic heterocycles. The minimum Gasteiger partial charge on any atom is -0.507 e. The summed E-state index contributed by atoms with van der Waals surface area (Å²) in [6, 6.07) is 4.58. The summed E-state index contributed by atoms with van der Waals surface area (Å²) < 4.78 is 5.49. The molecule has 3 N–H and O–H groups in total. The number of halogens is 1. The van der Waals surface area contributed by atoms with E-state index in [-0.39, 0.29) is 30.2 Å². The maximum Gasteiger partial charge on any atom is 0.255 e. The summed E-state index contributed by atoms with van der Waals surface area (Å²) in [6.45, 7) is 1.09. The number of ether oxygens (including phenoxy) is 1. The van der Waals surface area contributed by atoms with Crippen LogP contribution < -0.4 is 10.6 Å². The molecular formula is C13H17BrN2O4. The molecule has 1 aromatic carbocycles. The van der Waals surface area contributed by atoms with Gasteiger partial charge in [0, 0.05) is 31.1 Å². The fraction of sp³-hybridized carbons (Fsp3) is 0.385. The van der Waals surface area contributed by atoms with Crippen molar-refractivity contribution in [3.05, 3.63) is 28.2 Å². The Kier molecular flexibility index (Phi) is 7.03. The Hall–Kier alpha value is -1.60. The molecule has 0 aromatic heterocycles. The van der Waals surface area contributed by atoms with E-state index in [1.165, 1.54) is 12.1 Å². The van der Waals surface area contributed by atoms with Crippen LogP contribution >= 0.6 is 15.9 Å². The number of amides is 2. The highest BCUT2D eigenvalue weighted by Crippen LogP contribution is 2.21. The van der Waals surface area contributed by atoms with E-state index in [2.05, 4.69) is 26.6 Å². The molecule has 0 atom stereocenters. The maximum atomic E-state index is 11.8. The summed E-state index contributed by atoms with van der Waals surface area (Å²) in [5.74, 6) is -0.690.